The number of benzene rings is 1. The van der Waals surface area contributed by atoms with Gasteiger partial charge in [0.05, 0.1) is 12.8 Å². The number of halogens is 2. The zero-order valence-corrected chi connectivity index (χ0v) is 10.7. The highest BCUT2D eigenvalue weighted by Gasteiger charge is 2.09. The van der Waals surface area contributed by atoms with Crippen molar-refractivity contribution in [2.24, 2.45) is 0 Å². The lowest BCUT2D eigenvalue weighted by atomic mass is 10.1. The molecule has 1 aromatic heterocycles. The molecule has 0 spiro atoms. The monoisotopic (exact) mass is 278 g/mol. The third-order valence-electron chi connectivity index (χ3n) is 2.47. The second-order valence-electron chi connectivity index (χ2n) is 3.75. The Labute approximate surface area is 114 Å². The Morgan fingerprint density at radius 3 is 2.70 bits per heavy atom. The maximum Gasteiger partial charge on any atom is 0.387 e. The number of ether oxygens (including phenoxy) is 2. The molecule has 4 nitrogen and oxygen atoms in total. The van der Waals surface area contributed by atoms with Gasteiger partial charge in [-0.1, -0.05) is 0 Å². The maximum absolute atomic E-state index is 12.3. The van der Waals surface area contributed by atoms with E-state index in [1.807, 2.05) is 0 Å². The van der Waals surface area contributed by atoms with Crippen LogP contribution in [0.15, 0.2) is 36.8 Å². The van der Waals surface area contributed by atoms with Crippen LogP contribution in [0, 0.1) is 0 Å². The first-order valence-corrected chi connectivity index (χ1v) is 5.76. The van der Waals surface area contributed by atoms with Gasteiger partial charge in [0.1, 0.15) is 17.8 Å². The summed E-state index contributed by atoms with van der Waals surface area (Å²) in [7, 11) is 1.50. The molecule has 1 heterocycles. The van der Waals surface area contributed by atoms with Gasteiger partial charge in [-0.25, -0.2) is 9.97 Å². The van der Waals surface area contributed by atoms with Crippen LogP contribution in [-0.2, 0) is 0 Å². The summed E-state index contributed by atoms with van der Waals surface area (Å²) < 4.78 is 34.2. The first-order valence-electron chi connectivity index (χ1n) is 5.76. The van der Waals surface area contributed by atoms with Crippen molar-refractivity contribution < 1.29 is 18.3 Å². The number of rotatable bonds is 5. The third-order valence-corrected chi connectivity index (χ3v) is 2.47. The zero-order valence-electron chi connectivity index (χ0n) is 10.7. The van der Waals surface area contributed by atoms with Gasteiger partial charge in [0.15, 0.2) is 0 Å². The van der Waals surface area contributed by atoms with Crippen molar-refractivity contribution in [2.75, 3.05) is 7.11 Å². The fraction of sp³-hybridized carbons (Fsp3) is 0.143. The summed E-state index contributed by atoms with van der Waals surface area (Å²) in [4.78, 5) is 7.80. The van der Waals surface area contributed by atoms with E-state index < -0.39 is 6.61 Å². The predicted octanol–water partition coefficient (Wildman–Crippen LogP) is 3.26. The lowest BCUT2D eigenvalue weighted by Crippen LogP contribution is -2.03. The minimum Gasteiger partial charge on any atom is -0.497 e. The molecule has 0 aliphatic rings. The molecule has 2 rings (SSSR count). The molecule has 0 radical (unpaired) electrons. The van der Waals surface area contributed by atoms with E-state index in [0.717, 1.165) is 0 Å². The van der Waals surface area contributed by atoms with Gasteiger partial charge >= 0.3 is 6.61 Å². The van der Waals surface area contributed by atoms with E-state index in [2.05, 4.69) is 14.7 Å². The first-order chi connectivity index (χ1) is 9.69. The first kappa shape index (κ1) is 13.9. The average molecular weight is 278 g/mol. The van der Waals surface area contributed by atoms with Crippen molar-refractivity contribution in [3.8, 4) is 11.5 Å². The number of methoxy groups -OCH3 is 1. The van der Waals surface area contributed by atoms with Gasteiger partial charge in [-0.2, -0.15) is 8.78 Å². The molecule has 0 bridgehead atoms. The van der Waals surface area contributed by atoms with Crippen LogP contribution < -0.4 is 9.47 Å². The largest absolute Gasteiger partial charge is 0.497 e. The van der Waals surface area contributed by atoms with Crippen LogP contribution in [0.5, 0.6) is 11.5 Å². The van der Waals surface area contributed by atoms with E-state index in [-0.39, 0.29) is 5.75 Å². The minimum atomic E-state index is -2.88. The third kappa shape index (κ3) is 3.74. The van der Waals surface area contributed by atoms with E-state index in [4.69, 9.17) is 4.74 Å². The second kappa shape index (κ2) is 6.60. The molecule has 0 N–H and O–H groups in total. The van der Waals surface area contributed by atoms with Crippen molar-refractivity contribution in [3.05, 3.63) is 48.0 Å². The van der Waals surface area contributed by atoms with Crippen LogP contribution in [-0.4, -0.2) is 23.7 Å². The summed E-state index contributed by atoms with van der Waals surface area (Å²) >= 11 is 0. The minimum absolute atomic E-state index is 0.0751. The molecule has 0 amide bonds. The van der Waals surface area contributed by atoms with E-state index in [0.29, 0.717) is 17.0 Å². The number of hydrogen-bond acceptors (Lipinski definition) is 4. The molecule has 104 valence electrons. The Morgan fingerprint density at radius 1 is 1.20 bits per heavy atom. The maximum atomic E-state index is 12.3. The lowest BCUT2D eigenvalue weighted by molar-refractivity contribution is -0.0500. The fourth-order valence-corrected chi connectivity index (χ4v) is 1.56. The standard InChI is InChI=1S/C14H12F2N2O2/c1-19-12-4-5-13(20-14(15)16)10(8-12)2-3-11-6-7-17-9-18-11/h2-9,14H,1H3/b3-2+. The lowest BCUT2D eigenvalue weighted by Gasteiger charge is -2.09. The average Bonchev–Trinajstić information content (AvgIpc) is 2.47. The number of nitrogens with zero attached hydrogens (tertiary/aromatic N) is 2. The summed E-state index contributed by atoms with van der Waals surface area (Å²) in [6.07, 6.45) is 6.30. The molecule has 0 aliphatic heterocycles. The SMILES string of the molecule is COc1ccc(OC(F)F)c(/C=C/c2ccncn2)c1. The van der Waals surface area contributed by atoms with Gasteiger partial charge in [-0.15, -0.1) is 0 Å². The Balaban J connectivity index is 2.30. The van der Waals surface area contributed by atoms with E-state index in [9.17, 15) is 8.78 Å². The molecular weight excluding hydrogens is 266 g/mol. The van der Waals surface area contributed by atoms with E-state index in [1.165, 1.54) is 19.5 Å². The Kier molecular flexibility index (Phi) is 4.60. The van der Waals surface area contributed by atoms with Gasteiger partial charge in [0.2, 0.25) is 0 Å². The second-order valence-corrected chi connectivity index (χ2v) is 3.75. The van der Waals surface area contributed by atoms with Crippen LogP contribution in [0.4, 0.5) is 8.78 Å². The van der Waals surface area contributed by atoms with Crippen molar-refractivity contribution in [3.63, 3.8) is 0 Å². The molecule has 0 saturated heterocycles. The normalized spacial score (nSPS) is 11.0. The molecule has 2 aromatic rings. The summed E-state index contributed by atoms with van der Waals surface area (Å²) in [5, 5.41) is 0. The summed E-state index contributed by atoms with van der Waals surface area (Å²) in [5.41, 5.74) is 1.13. The number of alkyl halides is 2. The van der Waals surface area contributed by atoms with Crippen LogP contribution >= 0.6 is 0 Å². The van der Waals surface area contributed by atoms with Crippen molar-refractivity contribution >= 4 is 12.2 Å². The summed E-state index contributed by atoms with van der Waals surface area (Å²) in [5.74, 6) is 0.625. The Morgan fingerprint density at radius 2 is 2.05 bits per heavy atom. The summed E-state index contributed by atoms with van der Waals surface area (Å²) in [6.45, 7) is -2.88. The molecule has 0 fully saturated rings. The Bertz CT molecular complexity index is 589. The smallest absolute Gasteiger partial charge is 0.387 e. The van der Waals surface area contributed by atoms with Gasteiger partial charge in [0.25, 0.3) is 0 Å². The molecule has 0 unspecified atom stereocenters. The highest BCUT2D eigenvalue weighted by Crippen LogP contribution is 2.27. The molecule has 0 atom stereocenters. The van der Waals surface area contributed by atoms with Gasteiger partial charge in [-0.05, 0) is 36.4 Å². The van der Waals surface area contributed by atoms with Gasteiger partial charge < -0.3 is 9.47 Å². The Hall–Kier alpha value is -2.50. The zero-order chi connectivity index (χ0) is 14.4. The van der Waals surface area contributed by atoms with Crippen molar-refractivity contribution in [2.45, 2.75) is 6.61 Å². The van der Waals surface area contributed by atoms with Crippen molar-refractivity contribution in [1.82, 2.24) is 9.97 Å². The molecular formula is C14H12F2N2O2. The fourth-order valence-electron chi connectivity index (χ4n) is 1.56. The quantitative estimate of drug-likeness (QED) is 0.842. The van der Waals surface area contributed by atoms with Gasteiger partial charge in [-0.3, -0.25) is 0 Å². The van der Waals surface area contributed by atoms with Crippen LogP contribution in [0.1, 0.15) is 11.3 Å². The molecule has 1 aromatic carbocycles. The molecule has 0 aliphatic carbocycles. The topological polar surface area (TPSA) is 44.2 Å². The van der Waals surface area contributed by atoms with Crippen molar-refractivity contribution in [1.29, 1.82) is 0 Å². The predicted molar refractivity (Wildman–Crippen MR) is 70.6 cm³/mol. The van der Waals surface area contributed by atoms with Gasteiger partial charge in [0, 0.05) is 11.8 Å². The number of aromatic nitrogens is 2. The molecule has 20 heavy (non-hydrogen) atoms. The van der Waals surface area contributed by atoms with E-state index >= 15 is 0 Å². The van der Waals surface area contributed by atoms with Crippen LogP contribution in [0.2, 0.25) is 0 Å². The summed E-state index contributed by atoms with van der Waals surface area (Å²) in [6, 6.07) is 6.30. The number of hydrogen-bond donors (Lipinski definition) is 0. The van der Waals surface area contributed by atoms with E-state index in [1.54, 1.807) is 36.5 Å². The van der Waals surface area contributed by atoms with Crippen LogP contribution in [0.25, 0.3) is 12.2 Å². The molecule has 0 saturated carbocycles. The van der Waals surface area contributed by atoms with Crippen LogP contribution in [0.3, 0.4) is 0 Å². The highest BCUT2D eigenvalue weighted by molar-refractivity contribution is 5.72. The highest BCUT2D eigenvalue weighted by atomic mass is 19.3. The molecule has 6 heteroatoms.